The van der Waals surface area contributed by atoms with E-state index in [1.807, 2.05) is 6.92 Å². The molecule has 4 heterocycles. The van der Waals surface area contributed by atoms with Crippen LogP contribution in [0.5, 0.6) is 0 Å². The van der Waals surface area contributed by atoms with Crippen LogP contribution in [0, 0.1) is 6.92 Å². The lowest BCUT2D eigenvalue weighted by Gasteiger charge is -2.13. The Labute approximate surface area is 221 Å². The first-order valence-electron chi connectivity index (χ1n) is 11.9. The second kappa shape index (κ2) is 9.70. The third-order valence-corrected chi connectivity index (χ3v) is 7.57. The number of primary amides is 1. The number of fused-ring (bicyclic) bond motifs is 1. The summed E-state index contributed by atoms with van der Waals surface area (Å²) < 4.78 is 70.6. The Hall–Kier alpha value is -3.88. The Bertz CT molecular complexity index is 1600. The standard InChI is InChI=1S/C24H22F5N7O2S/c1-3-35-10(2)13(8-31-35)12-6-16(24(27,28)29)32-23-18(12)19(20(39-23)22(30)38)33-17(37)9-36-15(11-4-5-11)7-14(34-36)21(25)26/h6-8,11,21H,3-5,9H2,1-2H3,(H2,30,38)(H,33,37). The SMILES string of the molecule is CCn1ncc(-c2cc(C(F)(F)F)nc3sc(C(N)=O)c(NC(=O)Cn4nc(C(F)F)cc4C4CC4)c23)c1C. The number of nitrogens with zero attached hydrogens (tertiary/aromatic N) is 5. The maximum absolute atomic E-state index is 13.8. The van der Waals surface area contributed by atoms with Crippen LogP contribution in [-0.2, 0) is 24.1 Å². The highest BCUT2D eigenvalue weighted by molar-refractivity contribution is 7.21. The van der Waals surface area contributed by atoms with Crippen LogP contribution in [0.3, 0.4) is 0 Å². The lowest BCUT2D eigenvalue weighted by Crippen LogP contribution is -2.22. The van der Waals surface area contributed by atoms with E-state index < -0.39 is 42.3 Å². The van der Waals surface area contributed by atoms with E-state index in [-0.39, 0.29) is 32.3 Å². The van der Waals surface area contributed by atoms with Crippen LogP contribution in [0.1, 0.15) is 64.6 Å². The number of thiophene rings is 1. The second-order valence-corrected chi connectivity index (χ2v) is 10.1. The van der Waals surface area contributed by atoms with Crippen molar-refractivity contribution in [1.82, 2.24) is 24.5 Å². The van der Waals surface area contributed by atoms with Gasteiger partial charge in [0.15, 0.2) is 0 Å². The summed E-state index contributed by atoms with van der Waals surface area (Å²) in [5.41, 5.74) is 5.24. The van der Waals surface area contributed by atoms with Gasteiger partial charge in [-0.05, 0) is 44.4 Å². The predicted octanol–water partition coefficient (Wildman–Crippen LogP) is 5.26. The van der Waals surface area contributed by atoms with Crippen LogP contribution in [0.4, 0.5) is 27.6 Å². The number of nitrogens with two attached hydrogens (primary N) is 1. The third-order valence-electron chi connectivity index (χ3n) is 6.48. The first-order chi connectivity index (χ1) is 18.4. The normalized spacial score (nSPS) is 13.9. The average Bonchev–Trinajstić information content (AvgIpc) is 3.34. The van der Waals surface area contributed by atoms with Gasteiger partial charge in [-0.15, -0.1) is 11.3 Å². The van der Waals surface area contributed by atoms with Crippen molar-refractivity contribution in [2.24, 2.45) is 5.73 Å². The number of hydrogen-bond acceptors (Lipinski definition) is 6. The molecule has 0 aromatic carbocycles. The average molecular weight is 568 g/mol. The quantitative estimate of drug-likeness (QED) is 0.282. The van der Waals surface area contributed by atoms with Gasteiger partial charge < -0.3 is 11.1 Å². The molecule has 2 amide bonds. The largest absolute Gasteiger partial charge is 0.433 e. The monoisotopic (exact) mass is 567 g/mol. The summed E-state index contributed by atoms with van der Waals surface area (Å²) in [5.74, 6) is -1.70. The van der Waals surface area contributed by atoms with Gasteiger partial charge in [0.05, 0.1) is 11.9 Å². The molecule has 1 saturated carbocycles. The van der Waals surface area contributed by atoms with E-state index in [4.69, 9.17) is 5.73 Å². The van der Waals surface area contributed by atoms with Crippen LogP contribution >= 0.6 is 11.3 Å². The maximum Gasteiger partial charge on any atom is 0.433 e. The number of pyridine rings is 1. The van der Waals surface area contributed by atoms with Crippen molar-refractivity contribution in [2.45, 2.75) is 58.3 Å². The number of carbonyl (C=O) groups is 2. The van der Waals surface area contributed by atoms with Gasteiger partial charge in [0, 0.05) is 34.8 Å². The molecule has 3 N–H and O–H groups in total. The van der Waals surface area contributed by atoms with Crippen LogP contribution in [0.25, 0.3) is 21.3 Å². The Morgan fingerprint density at radius 2 is 1.92 bits per heavy atom. The molecule has 1 fully saturated rings. The van der Waals surface area contributed by atoms with Gasteiger partial charge in [0.1, 0.15) is 27.6 Å². The molecule has 39 heavy (non-hydrogen) atoms. The van der Waals surface area contributed by atoms with Crippen molar-refractivity contribution in [2.75, 3.05) is 5.32 Å². The summed E-state index contributed by atoms with van der Waals surface area (Å²) in [6, 6.07) is 2.10. The van der Waals surface area contributed by atoms with Gasteiger partial charge in [-0.3, -0.25) is 19.0 Å². The van der Waals surface area contributed by atoms with E-state index in [1.165, 1.54) is 16.9 Å². The van der Waals surface area contributed by atoms with Crippen LogP contribution in [0.15, 0.2) is 18.3 Å². The zero-order valence-electron chi connectivity index (χ0n) is 20.6. The van der Waals surface area contributed by atoms with E-state index in [2.05, 4.69) is 20.5 Å². The molecule has 0 atom stereocenters. The van der Waals surface area contributed by atoms with Crippen molar-refractivity contribution in [1.29, 1.82) is 0 Å². The highest BCUT2D eigenvalue weighted by Crippen LogP contribution is 2.45. The fraction of sp³-hybridized carbons (Fsp3) is 0.375. The molecule has 0 spiro atoms. The van der Waals surface area contributed by atoms with Gasteiger partial charge in [-0.2, -0.15) is 23.4 Å². The van der Waals surface area contributed by atoms with Crippen LogP contribution in [0.2, 0.25) is 0 Å². The van der Waals surface area contributed by atoms with Crippen LogP contribution < -0.4 is 11.1 Å². The maximum atomic E-state index is 13.8. The summed E-state index contributed by atoms with van der Waals surface area (Å²) in [6.45, 7) is 3.51. The van der Waals surface area contributed by atoms with E-state index in [0.29, 0.717) is 34.8 Å². The fourth-order valence-electron chi connectivity index (χ4n) is 4.49. The van der Waals surface area contributed by atoms with E-state index in [9.17, 15) is 31.5 Å². The minimum atomic E-state index is -4.79. The molecule has 15 heteroatoms. The molecule has 1 aliphatic carbocycles. The molecular weight excluding hydrogens is 545 g/mol. The van der Waals surface area contributed by atoms with E-state index >= 15 is 0 Å². The van der Waals surface area contributed by atoms with Crippen molar-refractivity contribution in [3.8, 4) is 11.1 Å². The number of anilines is 1. The number of amides is 2. The van der Waals surface area contributed by atoms with Gasteiger partial charge in [0.2, 0.25) is 5.91 Å². The highest BCUT2D eigenvalue weighted by Gasteiger charge is 2.36. The lowest BCUT2D eigenvalue weighted by molar-refractivity contribution is -0.140. The van der Waals surface area contributed by atoms with Gasteiger partial charge in [-0.1, -0.05) is 0 Å². The smallest absolute Gasteiger partial charge is 0.365 e. The number of aromatic nitrogens is 5. The molecule has 0 unspecified atom stereocenters. The molecule has 1 aliphatic rings. The summed E-state index contributed by atoms with van der Waals surface area (Å²) in [5, 5.41) is 10.7. The van der Waals surface area contributed by atoms with Gasteiger partial charge >= 0.3 is 6.18 Å². The molecule has 4 aromatic rings. The van der Waals surface area contributed by atoms with E-state index in [1.54, 1.807) is 11.6 Å². The van der Waals surface area contributed by atoms with Gasteiger partial charge in [-0.25, -0.2) is 13.8 Å². The Kier molecular flexibility index (Phi) is 6.64. The molecular formula is C24H22F5N7O2S. The summed E-state index contributed by atoms with van der Waals surface area (Å²) >= 11 is 0.615. The third kappa shape index (κ3) is 4.97. The zero-order chi connectivity index (χ0) is 28.2. The van der Waals surface area contributed by atoms with Gasteiger partial charge in [0.25, 0.3) is 12.3 Å². The number of halogens is 5. The molecule has 0 saturated heterocycles. The highest BCUT2D eigenvalue weighted by atomic mass is 32.1. The number of carbonyl (C=O) groups excluding carboxylic acids is 2. The molecule has 0 radical (unpaired) electrons. The second-order valence-electron chi connectivity index (χ2n) is 9.14. The number of hydrogen-bond donors (Lipinski definition) is 2. The number of aryl methyl sites for hydroxylation is 1. The summed E-state index contributed by atoms with van der Waals surface area (Å²) in [4.78, 5) is 28.8. The number of alkyl halides is 5. The summed E-state index contributed by atoms with van der Waals surface area (Å²) in [7, 11) is 0. The topological polar surface area (TPSA) is 121 Å². The predicted molar refractivity (Wildman–Crippen MR) is 133 cm³/mol. The zero-order valence-corrected chi connectivity index (χ0v) is 21.5. The van der Waals surface area contributed by atoms with Crippen molar-refractivity contribution >= 4 is 39.1 Å². The van der Waals surface area contributed by atoms with Crippen molar-refractivity contribution < 1.29 is 31.5 Å². The van der Waals surface area contributed by atoms with Crippen molar-refractivity contribution in [3.05, 3.63) is 46.0 Å². The summed E-state index contributed by atoms with van der Waals surface area (Å²) in [6.07, 6.45) is -4.66. The number of nitrogens with one attached hydrogen (secondary N) is 1. The molecule has 5 rings (SSSR count). The molecule has 0 bridgehead atoms. The Morgan fingerprint density at radius 1 is 1.21 bits per heavy atom. The molecule has 0 aliphatic heterocycles. The minimum Gasteiger partial charge on any atom is -0.365 e. The minimum absolute atomic E-state index is 0.00984. The fourth-order valence-corrected chi connectivity index (χ4v) is 5.49. The Morgan fingerprint density at radius 3 is 2.49 bits per heavy atom. The molecule has 9 nitrogen and oxygen atoms in total. The Balaban J connectivity index is 1.63. The molecule has 206 valence electrons. The molecule has 4 aromatic heterocycles. The first kappa shape index (κ1) is 26.7. The van der Waals surface area contributed by atoms with E-state index in [0.717, 1.165) is 18.9 Å². The number of rotatable bonds is 8. The van der Waals surface area contributed by atoms with Crippen molar-refractivity contribution in [3.63, 3.8) is 0 Å². The first-order valence-corrected chi connectivity index (χ1v) is 12.7. The lowest BCUT2D eigenvalue weighted by atomic mass is 10.0. The van der Waals surface area contributed by atoms with Crippen LogP contribution in [-0.4, -0.2) is 36.4 Å².